The fourth-order valence-corrected chi connectivity index (χ4v) is 1.14. The molecule has 0 aliphatic carbocycles. The van der Waals surface area contributed by atoms with Gasteiger partial charge in [-0.25, -0.2) is 8.78 Å². The van der Waals surface area contributed by atoms with Crippen molar-refractivity contribution in [1.82, 2.24) is 15.1 Å². The monoisotopic (exact) mass is 245 g/mol. The Morgan fingerprint density at radius 1 is 1.47 bits per heavy atom. The first-order valence-electron chi connectivity index (χ1n) is 5.29. The minimum atomic E-state index is -2.96. The van der Waals surface area contributed by atoms with Crippen molar-refractivity contribution in [1.29, 1.82) is 0 Å². The van der Waals surface area contributed by atoms with Crippen LogP contribution in [-0.2, 0) is 7.05 Å². The lowest BCUT2D eigenvalue weighted by Gasteiger charge is -2.30. The van der Waals surface area contributed by atoms with Crippen molar-refractivity contribution in [3.63, 3.8) is 0 Å². The average molecular weight is 245 g/mol. The topological polar surface area (TPSA) is 46.9 Å². The molecular formula is C11H17F2N3O. The highest BCUT2D eigenvalue weighted by Gasteiger charge is 2.43. The number of rotatable bonds is 3. The average Bonchev–Trinajstić information content (AvgIpc) is 2.59. The van der Waals surface area contributed by atoms with Crippen LogP contribution in [0, 0.1) is 5.41 Å². The lowest BCUT2D eigenvalue weighted by molar-refractivity contribution is -0.0917. The van der Waals surface area contributed by atoms with Crippen LogP contribution in [0.3, 0.4) is 0 Å². The highest BCUT2D eigenvalue weighted by molar-refractivity contribution is 5.92. The molecule has 0 saturated carbocycles. The zero-order valence-corrected chi connectivity index (χ0v) is 10.4. The van der Waals surface area contributed by atoms with Gasteiger partial charge in [0.1, 0.15) is 5.69 Å². The summed E-state index contributed by atoms with van der Waals surface area (Å²) in [5.41, 5.74) is -0.929. The first-order valence-corrected chi connectivity index (χ1v) is 5.29. The van der Waals surface area contributed by atoms with Crippen molar-refractivity contribution < 1.29 is 13.6 Å². The Morgan fingerprint density at radius 3 is 2.47 bits per heavy atom. The van der Waals surface area contributed by atoms with Gasteiger partial charge in [0.2, 0.25) is 0 Å². The van der Waals surface area contributed by atoms with Gasteiger partial charge in [-0.05, 0) is 6.07 Å². The Morgan fingerprint density at radius 2 is 2.06 bits per heavy atom. The minimum absolute atomic E-state index is 0.259. The molecule has 1 rings (SSSR count). The minimum Gasteiger partial charge on any atom is -0.345 e. The summed E-state index contributed by atoms with van der Waals surface area (Å²) in [5.74, 6) is -3.50. The van der Waals surface area contributed by atoms with Gasteiger partial charge in [0.15, 0.2) is 0 Å². The van der Waals surface area contributed by atoms with Gasteiger partial charge in [-0.1, -0.05) is 20.8 Å². The van der Waals surface area contributed by atoms with Gasteiger partial charge in [-0.15, -0.1) is 0 Å². The molecule has 1 aromatic rings. The highest BCUT2D eigenvalue weighted by atomic mass is 19.3. The van der Waals surface area contributed by atoms with Crippen LogP contribution >= 0.6 is 0 Å². The fourth-order valence-electron chi connectivity index (χ4n) is 1.14. The molecule has 6 heteroatoms. The van der Waals surface area contributed by atoms with E-state index in [-0.39, 0.29) is 5.69 Å². The van der Waals surface area contributed by atoms with Crippen LogP contribution in [0.5, 0.6) is 0 Å². The van der Waals surface area contributed by atoms with Crippen molar-refractivity contribution in [3.05, 3.63) is 18.0 Å². The molecule has 0 spiro atoms. The predicted molar refractivity (Wildman–Crippen MR) is 59.9 cm³/mol. The van der Waals surface area contributed by atoms with Gasteiger partial charge in [0, 0.05) is 18.7 Å². The highest BCUT2D eigenvalue weighted by Crippen LogP contribution is 2.34. The third-order valence-corrected chi connectivity index (χ3v) is 2.62. The molecule has 17 heavy (non-hydrogen) atoms. The van der Waals surface area contributed by atoms with Crippen LogP contribution in [0.25, 0.3) is 0 Å². The van der Waals surface area contributed by atoms with Crippen LogP contribution in [0.15, 0.2) is 12.3 Å². The van der Waals surface area contributed by atoms with Crippen LogP contribution in [0.4, 0.5) is 8.78 Å². The zero-order valence-electron chi connectivity index (χ0n) is 10.4. The van der Waals surface area contributed by atoms with E-state index in [1.165, 1.54) is 37.7 Å². The molecule has 0 aromatic carbocycles. The smallest absolute Gasteiger partial charge is 0.269 e. The van der Waals surface area contributed by atoms with Gasteiger partial charge < -0.3 is 5.32 Å². The van der Waals surface area contributed by atoms with E-state index in [2.05, 4.69) is 10.4 Å². The molecular weight excluding hydrogens is 228 g/mol. The predicted octanol–water partition coefficient (Wildman–Crippen LogP) is 1.83. The Kier molecular flexibility index (Phi) is 3.54. The summed E-state index contributed by atoms with van der Waals surface area (Å²) in [6.45, 7) is 3.62. The summed E-state index contributed by atoms with van der Waals surface area (Å²) in [6, 6.07) is 1.48. The maximum Gasteiger partial charge on any atom is 0.269 e. The van der Waals surface area contributed by atoms with Gasteiger partial charge >= 0.3 is 0 Å². The number of hydrogen-bond acceptors (Lipinski definition) is 2. The number of aryl methyl sites for hydroxylation is 1. The van der Waals surface area contributed by atoms with Crippen LogP contribution in [-0.4, -0.2) is 28.2 Å². The molecule has 0 unspecified atom stereocenters. The standard InChI is InChI=1S/C11H17F2N3O/c1-10(2,3)11(12,13)7-14-9(17)8-5-6-15-16(8)4/h5-6H,7H2,1-4H3,(H,14,17). The van der Waals surface area contributed by atoms with E-state index in [1.807, 2.05) is 0 Å². The molecule has 0 aliphatic heterocycles. The Hall–Kier alpha value is -1.46. The number of carbonyl (C=O) groups is 1. The molecule has 0 fully saturated rings. The molecule has 0 saturated heterocycles. The van der Waals surface area contributed by atoms with E-state index >= 15 is 0 Å². The molecule has 4 nitrogen and oxygen atoms in total. The second kappa shape index (κ2) is 4.43. The maximum atomic E-state index is 13.6. The first kappa shape index (κ1) is 13.6. The molecule has 1 amide bonds. The number of aromatic nitrogens is 2. The van der Waals surface area contributed by atoms with E-state index in [0.717, 1.165) is 0 Å². The van der Waals surface area contributed by atoms with Crippen molar-refractivity contribution in [2.24, 2.45) is 12.5 Å². The molecule has 0 atom stereocenters. The van der Waals surface area contributed by atoms with Gasteiger partial charge in [-0.3, -0.25) is 9.48 Å². The molecule has 1 N–H and O–H groups in total. The number of halogens is 2. The Balaban J connectivity index is 2.64. The van der Waals surface area contributed by atoms with Crippen LogP contribution in [0.1, 0.15) is 31.3 Å². The maximum absolute atomic E-state index is 13.6. The first-order chi connectivity index (χ1) is 7.65. The Bertz CT molecular complexity index is 407. The van der Waals surface area contributed by atoms with Gasteiger partial charge in [0.25, 0.3) is 11.8 Å². The largest absolute Gasteiger partial charge is 0.345 e. The Labute approximate surface area is 99.0 Å². The lowest BCUT2D eigenvalue weighted by atomic mass is 9.88. The van der Waals surface area contributed by atoms with Crippen LogP contribution in [0.2, 0.25) is 0 Å². The number of nitrogens with zero attached hydrogens (tertiary/aromatic N) is 2. The van der Waals surface area contributed by atoms with Crippen molar-refractivity contribution in [2.45, 2.75) is 26.7 Å². The van der Waals surface area contributed by atoms with Gasteiger partial charge in [0.05, 0.1) is 6.54 Å². The molecule has 1 heterocycles. The normalized spacial score (nSPS) is 12.6. The van der Waals surface area contributed by atoms with E-state index < -0.39 is 23.8 Å². The summed E-state index contributed by atoms with van der Waals surface area (Å²) in [4.78, 5) is 11.6. The second-order valence-electron chi connectivity index (χ2n) is 4.98. The molecule has 0 aliphatic rings. The summed E-state index contributed by atoms with van der Waals surface area (Å²) >= 11 is 0. The number of nitrogens with one attached hydrogen (secondary N) is 1. The van der Waals surface area contributed by atoms with Crippen molar-refractivity contribution in [2.75, 3.05) is 6.54 Å². The molecule has 96 valence electrons. The van der Waals surface area contributed by atoms with E-state index in [4.69, 9.17) is 0 Å². The third-order valence-electron chi connectivity index (χ3n) is 2.62. The van der Waals surface area contributed by atoms with Crippen molar-refractivity contribution >= 4 is 5.91 Å². The number of alkyl halides is 2. The third kappa shape index (κ3) is 3.01. The van der Waals surface area contributed by atoms with E-state index in [0.29, 0.717) is 0 Å². The lowest BCUT2D eigenvalue weighted by Crippen LogP contribution is -2.45. The van der Waals surface area contributed by atoms with Gasteiger partial charge in [-0.2, -0.15) is 5.10 Å². The van der Waals surface area contributed by atoms with E-state index in [9.17, 15) is 13.6 Å². The van der Waals surface area contributed by atoms with E-state index in [1.54, 1.807) is 7.05 Å². The second-order valence-corrected chi connectivity index (χ2v) is 4.98. The summed E-state index contributed by atoms with van der Waals surface area (Å²) in [7, 11) is 1.58. The zero-order chi connectivity index (χ0) is 13.3. The number of amides is 1. The molecule has 1 aromatic heterocycles. The number of hydrogen-bond donors (Lipinski definition) is 1. The summed E-state index contributed by atoms with van der Waals surface area (Å²) < 4.78 is 28.5. The molecule has 0 bridgehead atoms. The van der Waals surface area contributed by atoms with Crippen LogP contribution < -0.4 is 5.32 Å². The molecule has 0 radical (unpaired) electrons. The number of carbonyl (C=O) groups excluding carboxylic acids is 1. The summed E-state index contributed by atoms with van der Waals surface area (Å²) in [5, 5.41) is 6.02. The fraction of sp³-hybridized carbons (Fsp3) is 0.636. The summed E-state index contributed by atoms with van der Waals surface area (Å²) in [6.07, 6.45) is 1.44. The SMILES string of the molecule is Cn1nccc1C(=O)NCC(F)(F)C(C)(C)C. The quantitative estimate of drug-likeness (QED) is 0.883. The van der Waals surface area contributed by atoms with Crippen molar-refractivity contribution in [3.8, 4) is 0 Å².